The maximum Gasteiger partial charge on any atom is 0.159 e. The van der Waals surface area contributed by atoms with Gasteiger partial charge in [0, 0.05) is 39.1 Å². The maximum atomic E-state index is 15.6. The summed E-state index contributed by atoms with van der Waals surface area (Å²) in [7, 11) is 3.36. The van der Waals surface area contributed by atoms with Gasteiger partial charge in [0.05, 0.1) is 5.69 Å². The Morgan fingerprint density at radius 3 is 2.39 bits per heavy atom. The van der Waals surface area contributed by atoms with E-state index in [1.807, 2.05) is 12.1 Å². The molecule has 4 nitrogen and oxygen atoms in total. The number of hydrogen-bond donors (Lipinski definition) is 1. The second-order valence-corrected chi connectivity index (χ2v) is 10.3. The number of fused-ring (bicyclic) bond motifs is 1. The molecule has 0 bridgehead atoms. The molecule has 1 saturated carbocycles. The molecular formula is C28H36FNO3. The molecule has 1 aliphatic heterocycles. The molecule has 1 unspecified atom stereocenters. The van der Waals surface area contributed by atoms with E-state index in [9.17, 15) is 5.11 Å². The van der Waals surface area contributed by atoms with Crippen molar-refractivity contribution in [1.82, 2.24) is 0 Å². The van der Waals surface area contributed by atoms with Crippen LogP contribution in [0.2, 0.25) is 0 Å². The SMILES string of the molecule is COC(OC)C1CCN(c2ccc(C3c4ccc(O)cc4CCC34CCCC4)cc2F)CC1. The fraction of sp³-hybridized carbons (Fsp3) is 0.571. The van der Waals surface area contributed by atoms with Crippen molar-refractivity contribution in [3.8, 4) is 5.75 Å². The number of aromatic hydroxyl groups is 1. The number of benzene rings is 2. The minimum Gasteiger partial charge on any atom is -0.508 e. The topological polar surface area (TPSA) is 41.9 Å². The number of hydrogen-bond acceptors (Lipinski definition) is 4. The summed E-state index contributed by atoms with van der Waals surface area (Å²) in [4.78, 5) is 2.16. The lowest BCUT2D eigenvalue weighted by Crippen LogP contribution is -2.39. The predicted molar refractivity (Wildman–Crippen MR) is 128 cm³/mol. The van der Waals surface area contributed by atoms with Crippen LogP contribution in [0, 0.1) is 17.2 Å². The van der Waals surface area contributed by atoms with Crippen LogP contribution in [0.25, 0.3) is 0 Å². The lowest BCUT2D eigenvalue weighted by Gasteiger charge is -2.43. The molecule has 1 heterocycles. The Morgan fingerprint density at radius 2 is 1.73 bits per heavy atom. The number of phenolic OH excluding ortho intramolecular Hbond substituents is 1. The summed E-state index contributed by atoms with van der Waals surface area (Å²) < 4.78 is 26.4. The molecular weight excluding hydrogens is 417 g/mol. The fourth-order valence-electron chi connectivity index (χ4n) is 6.95. The lowest BCUT2D eigenvalue weighted by atomic mass is 9.60. The van der Waals surface area contributed by atoms with Crippen molar-refractivity contribution in [1.29, 1.82) is 0 Å². The number of halogens is 1. The Hall–Kier alpha value is -2.11. The van der Waals surface area contributed by atoms with Gasteiger partial charge in [-0.25, -0.2) is 4.39 Å². The normalized spacial score (nSPS) is 22.8. The molecule has 178 valence electrons. The molecule has 1 spiro atoms. The van der Waals surface area contributed by atoms with E-state index in [4.69, 9.17) is 9.47 Å². The first-order valence-corrected chi connectivity index (χ1v) is 12.5. The van der Waals surface area contributed by atoms with Crippen molar-refractivity contribution in [2.45, 2.75) is 63.6 Å². The average Bonchev–Trinajstić information content (AvgIpc) is 3.29. The summed E-state index contributed by atoms with van der Waals surface area (Å²) in [6, 6.07) is 11.7. The molecule has 5 heteroatoms. The van der Waals surface area contributed by atoms with Gasteiger partial charge in [0.15, 0.2) is 6.29 Å². The molecule has 1 atom stereocenters. The van der Waals surface area contributed by atoms with Crippen LogP contribution in [0.5, 0.6) is 5.75 Å². The molecule has 5 rings (SSSR count). The third kappa shape index (κ3) is 4.15. The highest BCUT2D eigenvalue weighted by Crippen LogP contribution is 2.58. The molecule has 0 radical (unpaired) electrons. The third-order valence-corrected chi connectivity index (χ3v) is 8.58. The van der Waals surface area contributed by atoms with Crippen LogP contribution >= 0.6 is 0 Å². The van der Waals surface area contributed by atoms with Crippen LogP contribution in [0.15, 0.2) is 36.4 Å². The largest absolute Gasteiger partial charge is 0.508 e. The zero-order valence-electron chi connectivity index (χ0n) is 19.9. The van der Waals surface area contributed by atoms with E-state index >= 15 is 4.39 Å². The van der Waals surface area contributed by atoms with E-state index in [-0.39, 0.29) is 23.4 Å². The number of nitrogens with zero attached hydrogens (tertiary/aromatic N) is 1. The lowest BCUT2D eigenvalue weighted by molar-refractivity contribution is -0.141. The van der Waals surface area contributed by atoms with Crippen LogP contribution in [0.3, 0.4) is 0 Å². The smallest absolute Gasteiger partial charge is 0.159 e. The first-order valence-electron chi connectivity index (χ1n) is 12.5. The Morgan fingerprint density at radius 1 is 1.00 bits per heavy atom. The predicted octanol–water partition coefficient (Wildman–Crippen LogP) is 6.01. The third-order valence-electron chi connectivity index (χ3n) is 8.58. The molecule has 1 saturated heterocycles. The summed E-state index contributed by atoms with van der Waals surface area (Å²) in [5, 5.41) is 10.0. The van der Waals surface area contributed by atoms with Crippen molar-refractivity contribution >= 4 is 5.69 Å². The Kier molecular flexibility index (Phi) is 6.37. The van der Waals surface area contributed by atoms with Crippen LogP contribution < -0.4 is 4.90 Å². The number of methoxy groups -OCH3 is 2. The van der Waals surface area contributed by atoms with Gasteiger partial charge in [0.1, 0.15) is 11.6 Å². The second kappa shape index (κ2) is 9.27. The summed E-state index contributed by atoms with van der Waals surface area (Å²) >= 11 is 0. The highest BCUT2D eigenvalue weighted by Gasteiger charge is 2.45. The summed E-state index contributed by atoms with van der Waals surface area (Å²) in [6.07, 6.45) is 8.70. The van der Waals surface area contributed by atoms with Gasteiger partial charge in [-0.2, -0.15) is 0 Å². The first-order chi connectivity index (χ1) is 16.0. The Bertz CT molecular complexity index is 975. The number of piperidine rings is 1. The summed E-state index contributed by atoms with van der Waals surface area (Å²) in [5.41, 5.74) is 4.49. The molecule has 33 heavy (non-hydrogen) atoms. The van der Waals surface area contributed by atoms with Crippen molar-refractivity contribution in [2.24, 2.45) is 11.3 Å². The van der Waals surface area contributed by atoms with Crippen LogP contribution in [-0.2, 0) is 15.9 Å². The van der Waals surface area contributed by atoms with Crippen LogP contribution in [0.4, 0.5) is 10.1 Å². The molecule has 0 aromatic heterocycles. The highest BCUT2D eigenvalue weighted by molar-refractivity contribution is 5.53. The molecule has 2 aromatic rings. The van der Waals surface area contributed by atoms with Gasteiger partial charge < -0.3 is 19.5 Å². The van der Waals surface area contributed by atoms with E-state index in [0.717, 1.165) is 44.3 Å². The standard InChI is InChI=1S/C28H36FNO3/c1-32-27(33-2)19-10-15-30(16-11-19)25-8-5-21(18-24(25)29)26-23-7-6-22(31)17-20(23)9-14-28(26)12-3-4-13-28/h5-8,17-19,26-27,31H,3-4,9-16H2,1-2H3. The van der Waals surface area contributed by atoms with Crippen molar-refractivity contribution < 1.29 is 19.0 Å². The van der Waals surface area contributed by atoms with Crippen LogP contribution in [-0.4, -0.2) is 38.7 Å². The second-order valence-electron chi connectivity index (χ2n) is 10.3. The van der Waals surface area contributed by atoms with Crippen LogP contribution in [0.1, 0.15) is 67.6 Å². The molecule has 1 N–H and O–H groups in total. The number of aryl methyl sites for hydroxylation is 1. The minimum absolute atomic E-state index is 0.125. The van der Waals surface area contributed by atoms with Gasteiger partial charge in [-0.05, 0) is 84.9 Å². The zero-order valence-corrected chi connectivity index (χ0v) is 19.9. The number of anilines is 1. The monoisotopic (exact) mass is 453 g/mol. The summed E-state index contributed by atoms with van der Waals surface area (Å²) in [6.45, 7) is 1.61. The number of ether oxygens (including phenoxy) is 2. The Balaban J connectivity index is 1.42. The van der Waals surface area contributed by atoms with Crippen molar-refractivity contribution in [3.63, 3.8) is 0 Å². The zero-order chi connectivity index (χ0) is 23.0. The summed E-state index contributed by atoms with van der Waals surface area (Å²) in [5.74, 6) is 0.739. The molecule has 0 amide bonds. The van der Waals surface area contributed by atoms with Gasteiger partial charge in [0.25, 0.3) is 0 Å². The van der Waals surface area contributed by atoms with Gasteiger partial charge in [-0.1, -0.05) is 25.0 Å². The van der Waals surface area contributed by atoms with Crippen molar-refractivity contribution in [2.75, 3.05) is 32.2 Å². The quantitative estimate of drug-likeness (QED) is 0.564. The maximum absolute atomic E-state index is 15.6. The van der Waals surface area contributed by atoms with E-state index in [1.54, 1.807) is 26.4 Å². The highest BCUT2D eigenvalue weighted by atomic mass is 19.1. The fourth-order valence-corrected chi connectivity index (χ4v) is 6.95. The van der Waals surface area contributed by atoms with Gasteiger partial charge in [0.2, 0.25) is 0 Å². The van der Waals surface area contributed by atoms with Gasteiger partial charge in [-0.3, -0.25) is 0 Å². The van der Waals surface area contributed by atoms with E-state index in [2.05, 4.69) is 17.0 Å². The molecule has 2 fully saturated rings. The Labute approximate surface area is 196 Å². The van der Waals surface area contributed by atoms with E-state index in [1.165, 1.54) is 36.8 Å². The average molecular weight is 454 g/mol. The molecule has 3 aliphatic rings. The number of phenols is 1. The van der Waals surface area contributed by atoms with Gasteiger partial charge >= 0.3 is 0 Å². The first kappa shape index (κ1) is 22.7. The van der Waals surface area contributed by atoms with Gasteiger partial charge in [-0.15, -0.1) is 0 Å². The van der Waals surface area contributed by atoms with Crippen molar-refractivity contribution in [3.05, 3.63) is 58.9 Å². The van der Waals surface area contributed by atoms with E-state index in [0.29, 0.717) is 17.4 Å². The molecule has 2 aromatic carbocycles. The number of rotatable bonds is 5. The van der Waals surface area contributed by atoms with E-state index < -0.39 is 0 Å². The molecule has 2 aliphatic carbocycles. The minimum atomic E-state index is -0.187.